The lowest BCUT2D eigenvalue weighted by molar-refractivity contribution is -0.154. The molecular formula is C12H13BrO3. The third kappa shape index (κ3) is 0.913. The van der Waals surface area contributed by atoms with Crippen LogP contribution in [0.15, 0.2) is 10.6 Å². The van der Waals surface area contributed by atoms with E-state index in [4.69, 9.17) is 9.47 Å². The standard InChI is InChI=1S/C12H13BrO3/c13-9-4-11-5-15-2-1-7(11)3-8(9)12(6-16-12)10(11)14/h4,7-8H,1-3,5-6H2/t7-,8-,11+,12-/m0/s1. The molecule has 2 bridgehead atoms. The minimum absolute atomic E-state index is 0.268. The van der Waals surface area contributed by atoms with Crippen LogP contribution in [0.5, 0.6) is 0 Å². The Labute approximate surface area is 102 Å². The van der Waals surface area contributed by atoms with Crippen molar-refractivity contribution < 1.29 is 14.3 Å². The molecule has 0 aromatic carbocycles. The number of ether oxygens (including phenoxy) is 2. The normalized spacial score (nSPS) is 53.8. The minimum Gasteiger partial charge on any atom is -0.380 e. The summed E-state index contributed by atoms with van der Waals surface area (Å²) in [5, 5.41) is 0. The number of rotatable bonds is 0. The molecule has 0 radical (unpaired) electrons. The molecule has 3 fully saturated rings. The molecular weight excluding hydrogens is 272 g/mol. The van der Waals surface area contributed by atoms with Gasteiger partial charge in [-0.25, -0.2) is 0 Å². The van der Waals surface area contributed by atoms with E-state index in [2.05, 4.69) is 22.0 Å². The quantitative estimate of drug-likeness (QED) is 0.635. The van der Waals surface area contributed by atoms with Crippen LogP contribution >= 0.6 is 15.9 Å². The molecule has 1 saturated carbocycles. The summed E-state index contributed by atoms with van der Waals surface area (Å²) in [6, 6.07) is 0. The Morgan fingerprint density at radius 1 is 1.44 bits per heavy atom. The molecule has 86 valence electrons. The van der Waals surface area contributed by atoms with E-state index in [-0.39, 0.29) is 17.1 Å². The molecule has 3 nitrogen and oxygen atoms in total. The first-order chi connectivity index (χ1) is 7.69. The number of Topliss-reactive ketones (excluding diaryl/α,β-unsaturated/α-hetero) is 1. The minimum atomic E-state index is -0.481. The van der Waals surface area contributed by atoms with Gasteiger partial charge in [0.2, 0.25) is 0 Å². The average molecular weight is 285 g/mol. The highest BCUT2D eigenvalue weighted by atomic mass is 79.9. The zero-order valence-corrected chi connectivity index (χ0v) is 10.5. The first-order valence-corrected chi connectivity index (χ1v) is 6.63. The number of epoxide rings is 1. The van der Waals surface area contributed by atoms with E-state index in [0.29, 0.717) is 19.1 Å². The van der Waals surface area contributed by atoms with Crippen LogP contribution < -0.4 is 0 Å². The molecule has 0 aromatic rings. The van der Waals surface area contributed by atoms with Gasteiger partial charge in [-0.3, -0.25) is 4.79 Å². The summed E-state index contributed by atoms with van der Waals surface area (Å²) in [7, 11) is 0. The van der Waals surface area contributed by atoms with Crippen LogP contribution in [0.1, 0.15) is 12.8 Å². The van der Waals surface area contributed by atoms with Gasteiger partial charge in [0.25, 0.3) is 0 Å². The molecule has 0 aromatic heterocycles. The lowest BCUT2D eigenvalue weighted by Crippen LogP contribution is -2.61. The van der Waals surface area contributed by atoms with Crippen molar-refractivity contribution in [3.63, 3.8) is 0 Å². The highest BCUT2D eigenvalue weighted by Crippen LogP contribution is 2.62. The molecule has 2 spiro atoms. The average Bonchev–Trinajstić information content (AvgIpc) is 3.06. The predicted octanol–water partition coefficient (Wildman–Crippen LogP) is 1.66. The Morgan fingerprint density at radius 2 is 2.25 bits per heavy atom. The van der Waals surface area contributed by atoms with E-state index in [9.17, 15) is 4.79 Å². The van der Waals surface area contributed by atoms with Crippen LogP contribution in [-0.4, -0.2) is 31.2 Å². The Bertz CT molecular complexity index is 412. The van der Waals surface area contributed by atoms with Gasteiger partial charge in [-0.05, 0) is 23.2 Å². The third-order valence-corrected chi connectivity index (χ3v) is 5.54. The fraction of sp³-hybridized carbons (Fsp3) is 0.750. The molecule has 2 aliphatic heterocycles. The molecule has 2 saturated heterocycles. The molecule has 4 atom stereocenters. The summed E-state index contributed by atoms with van der Waals surface area (Å²) in [5.41, 5.74) is -0.868. The topological polar surface area (TPSA) is 38.8 Å². The van der Waals surface area contributed by atoms with Crippen molar-refractivity contribution in [3.8, 4) is 0 Å². The maximum Gasteiger partial charge on any atom is 0.180 e. The van der Waals surface area contributed by atoms with Gasteiger partial charge in [-0.1, -0.05) is 22.0 Å². The molecule has 0 N–H and O–H groups in total. The van der Waals surface area contributed by atoms with E-state index in [0.717, 1.165) is 23.9 Å². The van der Waals surface area contributed by atoms with Gasteiger partial charge in [0.1, 0.15) is 0 Å². The van der Waals surface area contributed by atoms with E-state index >= 15 is 0 Å². The van der Waals surface area contributed by atoms with Gasteiger partial charge in [-0.2, -0.15) is 0 Å². The largest absolute Gasteiger partial charge is 0.380 e. The summed E-state index contributed by atoms with van der Waals surface area (Å²) >= 11 is 3.62. The van der Waals surface area contributed by atoms with Gasteiger partial charge < -0.3 is 9.47 Å². The maximum atomic E-state index is 12.6. The Balaban J connectivity index is 1.89. The Morgan fingerprint density at radius 3 is 3.00 bits per heavy atom. The number of carbonyl (C=O) groups is 1. The third-order valence-electron chi connectivity index (χ3n) is 4.75. The second-order valence-electron chi connectivity index (χ2n) is 5.40. The van der Waals surface area contributed by atoms with E-state index in [1.807, 2.05) is 0 Å². The second kappa shape index (κ2) is 2.79. The first-order valence-electron chi connectivity index (χ1n) is 5.84. The highest BCUT2D eigenvalue weighted by Gasteiger charge is 2.71. The molecule has 4 heteroatoms. The van der Waals surface area contributed by atoms with Crippen molar-refractivity contribution in [2.45, 2.75) is 18.4 Å². The van der Waals surface area contributed by atoms with Crippen molar-refractivity contribution in [3.05, 3.63) is 10.6 Å². The summed E-state index contributed by atoms with van der Waals surface area (Å²) in [6.07, 6.45) is 4.20. The molecule has 2 heterocycles. The van der Waals surface area contributed by atoms with Gasteiger partial charge >= 0.3 is 0 Å². The van der Waals surface area contributed by atoms with Crippen molar-refractivity contribution >= 4 is 21.7 Å². The van der Waals surface area contributed by atoms with Crippen molar-refractivity contribution in [1.29, 1.82) is 0 Å². The number of hydrogen-bond donors (Lipinski definition) is 0. The summed E-state index contributed by atoms with van der Waals surface area (Å²) in [6.45, 7) is 1.95. The number of carbonyl (C=O) groups excluding carboxylic acids is 1. The molecule has 3 aliphatic carbocycles. The summed E-state index contributed by atoms with van der Waals surface area (Å²) < 4.78 is 12.2. The van der Waals surface area contributed by atoms with Gasteiger partial charge in [0, 0.05) is 12.5 Å². The van der Waals surface area contributed by atoms with Gasteiger partial charge in [0.05, 0.1) is 18.6 Å². The molecule has 0 unspecified atom stereocenters. The van der Waals surface area contributed by atoms with Crippen LogP contribution in [-0.2, 0) is 14.3 Å². The van der Waals surface area contributed by atoms with Gasteiger partial charge in [-0.15, -0.1) is 0 Å². The highest BCUT2D eigenvalue weighted by molar-refractivity contribution is 9.11. The fourth-order valence-electron chi connectivity index (χ4n) is 3.77. The van der Waals surface area contributed by atoms with E-state index in [1.165, 1.54) is 0 Å². The van der Waals surface area contributed by atoms with Crippen LogP contribution in [0.4, 0.5) is 0 Å². The molecule has 16 heavy (non-hydrogen) atoms. The van der Waals surface area contributed by atoms with Gasteiger partial charge in [0.15, 0.2) is 11.4 Å². The summed E-state index contributed by atoms with van der Waals surface area (Å²) in [4.78, 5) is 12.6. The number of halogens is 1. The smallest absolute Gasteiger partial charge is 0.180 e. The van der Waals surface area contributed by atoms with E-state index in [1.54, 1.807) is 0 Å². The van der Waals surface area contributed by atoms with Crippen LogP contribution in [0, 0.1) is 17.3 Å². The predicted molar refractivity (Wildman–Crippen MR) is 60.2 cm³/mol. The van der Waals surface area contributed by atoms with Crippen molar-refractivity contribution in [1.82, 2.24) is 0 Å². The monoisotopic (exact) mass is 284 g/mol. The maximum absolute atomic E-state index is 12.6. The van der Waals surface area contributed by atoms with Crippen LogP contribution in [0.2, 0.25) is 0 Å². The second-order valence-corrected chi connectivity index (χ2v) is 6.32. The van der Waals surface area contributed by atoms with E-state index < -0.39 is 5.60 Å². The lowest BCUT2D eigenvalue weighted by Gasteiger charge is -2.52. The van der Waals surface area contributed by atoms with Crippen molar-refractivity contribution in [2.75, 3.05) is 19.8 Å². The molecule has 5 rings (SSSR count). The zero-order chi connectivity index (χ0) is 11.0. The number of hydrogen-bond acceptors (Lipinski definition) is 3. The SMILES string of the molecule is O=C1[C@@]23C=C(Br)[C@H](C[C@@H]2CCOC3)[C@@]12CO2. The van der Waals surface area contributed by atoms with Crippen LogP contribution in [0.3, 0.4) is 0 Å². The number of ketones is 1. The first kappa shape index (κ1) is 9.80. The fourth-order valence-corrected chi connectivity index (χ4v) is 4.73. The van der Waals surface area contributed by atoms with Crippen LogP contribution in [0.25, 0.3) is 0 Å². The molecule has 5 aliphatic rings. The Kier molecular flexibility index (Phi) is 1.71. The molecule has 0 amide bonds. The Hall–Kier alpha value is -0.190. The zero-order valence-electron chi connectivity index (χ0n) is 8.87. The van der Waals surface area contributed by atoms with Crippen molar-refractivity contribution in [2.24, 2.45) is 17.3 Å². The summed E-state index contributed by atoms with van der Waals surface area (Å²) in [5.74, 6) is 1.02. The lowest BCUT2D eigenvalue weighted by atomic mass is 9.53.